The summed E-state index contributed by atoms with van der Waals surface area (Å²) in [6.07, 6.45) is 0. The maximum absolute atomic E-state index is 5.64. The zero-order chi connectivity index (χ0) is 6.73. The molecule has 0 aliphatic rings. The predicted molar refractivity (Wildman–Crippen MR) is 39.0 cm³/mol. The van der Waals surface area contributed by atoms with Crippen LogP contribution >= 0.6 is 0 Å². The molecule has 0 atom stereocenters. The molecule has 2 radical (unpaired) electrons. The largest absolute Gasteiger partial charge is 0.117 e. The maximum atomic E-state index is 5.64. The molecule has 0 spiro atoms. The van der Waals surface area contributed by atoms with Gasteiger partial charge in [0.25, 0.3) is 0 Å². The normalized spacial score (nSPS) is 9.62. The quantitative estimate of drug-likeness (QED) is 0.451. The summed E-state index contributed by atoms with van der Waals surface area (Å²) in [5, 5.41) is 0. The average molecular weight is 108 g/mol. The van der Waals surface area contributed by atoms with Gasteiger partial charge in [0.05, 0.1) is 0 Å². The van der Waals surface area contributed by atoms with Gasteiger partial charge < -0.3 is 0 Å². The number of hydrogen-bond acceptors (Lipinski definition) is 0. The molecular weight excluding hydrogens is 94.9 g/mol. The highest BCUT2D eigenvalue weighted by Gasteiger charge is 1.95. The lowest BCUT2D eigenvalue weighted by Crippen LogP contribution is -1.94. The molecule has 0 aromatic carbocycles. The van der Waals surface area contributed by atoms with Crippen molar-refractivity contribution in [2.24, 2.45) is 5.92 Å². The molecule has 1 heteroatoms. The molecular formula is C7H13B. The first-order valence-corrected chi connectivity index (χ1v) is 2.98. The van der Waals surface area contributed by atoms with Gasteiger partial charge in [0, 0.05) is 0 Å². The summed E-state index contributed by atoms with van der Waals surface area (Å²) in [6, 6.07) is 0. The molecule has 0 aromatic heterocycles. The highest BCUT2D eigenvalue weighted by Crippen LogP contribution is 2.08. The zero-order valence-electron chi connectivity index (χ0n) is 6.15. The summed E-state index contributed by atoms with van der Waals surface area (Å²) in [7, 11) is 5.64. The first-order chi connectivity index (χ1) is 3.55. The highest BCUT2D eigenvalue weighted by atomic mass is 14.0. The number of rotatable bonds is 1. The van der Waals surface area contributed by atoms with Crippen molar-refractivity contribution >= 4 is 7.85 Å². The Morgan fingerprint density at radius 2 is 1.62 bits per heavy atom. The van der Waals surface area contributed by atoms with Gasteiger partial charge >= 0.3 is 0 Å². The van der Waals surface area contributed by atoms with Crippen molar-refractivity contribution in [3.05, 3.63) is 11.0 Å². The van der Waals surface area contributed by atoms with Crippen molar-refractivity contribution in [1.82, 2.24) is 0 Å². The fraction of sp³-hybridized carbons (Fsp3) is 0.714. The lowest BCUT2D eigenvalue weighted by atomic mass is 9.82. The summed E-state index contributed by atoms with van der Waals surface area (Å²) in [5.74, 6) is 0.500. The molecule has 0 heterocycles. The fourth-order valence-corrected chi connectivity index (χ4v) is 0.577. The van der Waals surface area contributed by atoms with Gasteiger partial charge in [0.2, 0.25) is 0 Å². The average Bonchev–Trinajstić information content (AvgIpc) is 1.64. The highest BCUT2D eigenvalue weighted by molar-refractivity contribution is 6.22. The number of allylic oxidation sites excluding steroid dienone is 2. The van der Waals surface area contributed by atoms with Crippen molar-refractivity contribution in [3.8, 4) is 0 Å². The summed E-state index contributed by atoms with van der Waals surface area (Å²) < 4.78 is 0. The molecule has 0 N–H and O–H groups in total. The van der Waals surface area contributed by atoms with Crippen LogP contribution in [0.25, 0.3) is 0 Å². The zero-order valence-corrected chi connectivity index (χ0v) is 6.15. The van der Waals surface area contributed by atoms with E-state index in [4.69, 9.17) is 7.85 Å². The first kappa shape index (κ1) is 7.80. The van der Waals surface area contributed by atoms with Crippen LogP contribution in [0.3, 0.4) is 0 Å². The van der Waals surface area contributed by atoms with Gasteiger partial charge in [-0.3, -0.25) is 0 Å². The van der Waals surface area contributed by atoms with E-state index < -0.39 is 0 Å². The van der Waals surface area contributed by atoms with Crippen molar-refractivity contribution in [2.45, 2.75) is 27.7 Å². The third-order valence-corrected chi connectivity index (χ3v) is 1.20. The third kappa shape index (κ3) is 2.20. The van der Waals surface area contributed by atoms with Crippen molar-refractivity contribution < 1.29 is 0 Å². The molecule has 0 unspecified atom stereocenters. The first-order valence-electron chi connectivity index (χ1n) is 2.98. The number of hydrogen-bond donors (Lipinski definition) is 0. The standard InChI is InChI=1S/C7H13B/c1-5(2)7(8)6(3)4/h5H,1-4H3. The van der Waals surface area contributed by atoms with Gasteiger partial charge in [0.1, 0.15) is 7.85 Å². The van der Waals surface area contributed by atoms with E-state index in [0.29, 0.717) is 5.92 Å². The Morgan fingerprint density at radius 1 is 1.25 bits per heavy atom. The van der Waals surface area contributed by atoms with Crippen LogP contribution < -0.4 is 0 Å². The van der Waals surface area contributed by atoms with Crippen LogP contribution in [0.5, 0.6) is 0 Å². The van der Waals surface area contributed by atoms with Crippen LogP contribution in [0.2, 0.25) is 0 Å². The molecule has 0 amide bonds. The second-order valence-corrected chi connectivity index (χ2v) is 2.61. The molecule has 0 rings (SSSR count). The minimum Gasteiger partial charge on any atom is -0.117 e. The van der Waals surface area contributed by atoms with E-state index in [9.17, 15) is 0 Å². The van der Waals surface area contributed by atoms with Gasteiger partial charge in [-0.1, -0.05) is 19.4 Å². The second kappa shape index (κ2) is 2.96. The van der Waals surface area contributed by atoms with Gasteiger partial charge in [-0.05, 0) is 19.8 Å². The smallest absolute Gasteiger partial charge is 0.108 e. The molecule has 0 aliphatic carbocycles. The van der Waals surface area contributed by atoms with E-state index in [1.165, 1.54) is 5.57 Å². The molecule has 0 saturated carbocycles. The van der Waals surface area contributed by atoms with Crippen molar-refractivity contribution in [2.75, 3.05) is 0 Å². The van der Waals surface area contributed by atoms with Crippen LogP contribution in [0.1, 0.15) is 27.7 Å². The summed E-state index contributed by atoms with van der Waals surface area (Å²) in [5.41, 5.74) is 2.25. The second-order valence-electron chi connectivity index (χ2n) is 2.61. The minimum atomic E-state index is 0.500. The van der Waals surface area contributed by atoms with E-state index in [0.717, 1.165) is 5.47 Å². The summed E-state index contributed by atoms with van der Waals surface area (Å²) in [4.78, 5) is 0. The predicted octanol–water partition coefficient (Wildman–Crippen LogP) is 2.10. The van der Waals surface area contributed by atoms with Crippen molar-refractivity contribution in [3.63, 3.8) is 0 Å². The lowest BCUT2D eigenvalue weighted by molar-refractivity contribution is 0.802. The van der Waals surface area contributed by atoms with Crippen molar-refractivity contribution in [1.29, 1.82) is 0 Å². The Hall–Kier alpha value is -0.195. The van der Waals surface area contributed by atoms with E-state index in [-0.39, 0.29) is 0 Å². The monoisotopic (exact) mass is 108 g/mol. The molecule has 0 aromatic rings. The summed E-state index contributed by atoms with van der Waals surface area (Å²) >= 11 is 0. The van der Waals surface area contributed by atoms with E-state index >= 15 is 0 Å². The molecule has 44 valence electrons. The third-order valence-electron chi connectivity index (χ3n) is 1.20. The molecule has 8 heavy (non-hydrogen) atoms. The van der Waals surface area contributed by atoms with Crippen LogP contribution in [0.4, 0.5) is 0 Å². The van der Waals surface area contributed by atoms with Gasteiger partial charge in [-0.2, -0.15) is 0 Å². The molecule has 0 nitrogen and oxygen atoms in total. The van der Waals surface area contributed by atoms with Crippen LogP contribution in [-0.4, -0.2) is 7.85 Å². The van der Waals surface area contributed by atoms with Gasteiger partial charge in [-0.15, -0.1) is 5.47 Å². The topological polar surface area (TPSA) is 0 Å². The Labute approximate surface area is 53.4 Å². The van der Waals surface area contributed by atoms with E-state index in [1.54, 1.807) is 0 Å². The van der Waals surface area contributed by atoms with E-state index in [1.807, 2.05) is 13.8 Å². The Kier molecular flexibility index (Phi) is 2.89. The minimum absolute atomic E-state index is 0.500. The van der Waals surface area contributed by atoms with E-state index in [2.05, 4.69) is 13.8 Å². The Morgan fingerprint density at radius 3 is 1.62 bits per heavy atom. The Balaban J connectivity index is 4.00. The molecule has 0 aliphatic heterocycles. The van der Waals surface area contributed by atoms with Crippen LogP contribution in [0.15, 0.2) is 11.0 Å². The summed E-state index contributed by atoms with van der Waals surface area (Å²) in [6.45, 7) is 8.27. The fourth-order valence-electron chi connectivity index (χ4n) is 0.577. The van der Waals surface area contributed by atoms with Gasteiger partial charge in [0.15, 0.2) is 0 Å². The lowest BCUT2D eigenvalue weighted by Gasteiger charge is -2.06. The molecule has 0 saturated heterocycles. The molecule has 0 bridgehead atoms. The maximum Gasteiger partial charge on any atom is 0.108 e. The molecule has 0 fully saturated rings. The van der Waals surface area contributed by atoms with Gasteiger partial charge in [-0.25, -0.2) is 0 Å². The SMILES string of the molecule is [B]C(=C(C)C)C(C)C. The van der Waals surface area contributed by atoms with Crippen LogP contribution in [-0.2, 0) is 0 Å². The van der Waals surface area contributed by atoms with Crippen LogP contribution in [0, 0.1) is 5.92 Å². The Bertz CT molecular complexity index is 97.0.